The van der Waals surface area contributed by atoms with Crippen molar-refractivity contribution >= 4 is 23.6 Å². The Morgan fingerprint density at radius 3 is 2.28 bits per heavy atom. The number of carbonyl (C=O) groups excluding carboxylic acids is 2. The van der Waals surface area contributed by atoms with Gasteiger partial charge in [0.15, 0.2) is 11.5 Å². The molecule has 2 aliphatic heterocycles. The van der Waals surface area contributed by atoms with Gasteiger partial charge in [0.2, 0.25) is 0 Å². The molecule has 0 spiro atoms. The molecule has 0 bridgehead atoms. The number of piperazine rings is 1. The Morgan fingerprint density at radius 2 is 1.60 bits per heavy atom. The number of hydrogen-bond donors (Lipinski definition) is 2. The van der Waals surface area contributed by atoms with Crippen molar-refractivity contribution < 1.29 is 29.0 Å². The lowest BCUT2D eigenvalue weighted by Gasteiger charge is -2.39. The summed E-state index contributed by atoms with van der Waals surface area (Å²) >= 11 is 0. The highest BCUT2D eigenvalue weighted by Crippen LogP contribution is 2.40. The maximum Gasteiger partial charge on any atom is 0.404 e. The molecule has 2 heterocycles. The summed E-state index contributed by atoms with van der Waals surface area (Å²) in [5, 5.41) is 11.4. The molecule has 0 saturated carbocycles. The predicted molar refractivity (Wildman–Crippen MR) is 163 cm³/mol. The summed E-state index contributed by atoms with van der Waals surface area (Å²) in [5.41, 5.74) is 3.55. The van der Waals surface area contributed by atoms with Crippen LogP contribution in [-0.4, -0.2) is 79.8 Å². The molecule has 1 fully saturated rings. The molecule has 226 valence electrons. The Morgan fingerprint density at radius 1 is 0.884 bits per heavy atom. The Labute approximate surface area is 251 Å². The van der Waals surface area contributed by atoms with Gasteiger partial charge in [0.1, 0.15) is 0 Å². The van der Waals surface area contributed by atoms with Crippen LogP contribution in [0.4, 0.5) is 10.5 Å². The van der Waals surface area contributed by atoms with Crippen LogP contribution < -0.4 is 19.7 Å². The smallest absolute Gasteiger partial charge is 0.404 e. The molecule has 0 aromatic heterocycles. The van der Waals surface area contributed by atoms with Gasteiger partial charge in [-0.05, 0) is 55.2 Å². The molecule has 2 aliphatic rings. The van der Waals surface area contributed by atoms with E-state index in [1.54, 1.807) is 25.3 Å². The van der Waals surface area contributed by atoms with Crippen molar-refractivity contribution in [3.63, 3.8) is 0 Å². The highest BCUT2D eigenvalue weighted by atomic mass is 16.5. The summed E-state index contributed by atoms with van der Waals surface area (Å²) in [4.78, 5) is 45.0. The lowest BCUT2D eigenvalue weighted by Crippen LogP contribution is -2.47. The zero-order chi connectivity index (χ0) is 30.5. The second-order valence-electron chi connectivity index (χ2n) is 10.8. The van der Waals surface area contributed by atoms with Gasteiger partial charge in [0, 0.05) is 38.8 Å². The van der Waals surface area contributed by atoms with Crippen LogP contribution in [-0.2, 0) is 0 Å². The number of carboxylic acid groups (broad SMARTS) is 1. The Bertz CT molecular complexity index is 1470. The summed E-state index contributed by atoms with van der Waals surface area (Å²) in [6.45, 7) is 5.53. The van der Waals surface area contributed by atoms with Gasteiger partial charge in [-0.15, -0.1) is 0 Å². The number of fused-ring (bicyclic) bond motifs is 1. The Kier molecular flexibility index (Phi) is 9.16. The highest BCUT2D eigenvalue weighted by Gasteiger charge is 2.43. The molecule has 2 atom stereocenters. The van der Waals surface area contributed by atoms with E-state index in [4.69, 9.17) is 14.6 Å². The fraction of sp³-hybridized carbons (Fsp3) is 0.364. The third-order valence-electron chi connectivity index (χ3n) is 8.44. The zero-order valence-corrected chi connectivity index (χ0v) is 24.8. The van der Waals surface area contributed by atoms with Gasteiger partial charge < -0.3 is 24.8 Å². The molecule has 43 heavy (non-hydrogen) atoms. The van der Waals surface area contributed by atoms with Gasteiger partial charge in [0.25, 0.3) is 11.8 Å². The number of carbonyl (C=O) groups is 3. The van der Waals surface area contributed by atoms with Crippen LogP contribution in [0.5, 0.6) is 11.5 Å². The van der Waals surface area contributed by atoms with Crippen molar-refractivity contribution in [3.05, 3.63) is 89.0 Å². The van der Waals surface area contributed by atoms with Gasteiger partial charge in [-0.1, -0.05) is 42.5 Å². The summed E-state index contributed by atoms with van der Waals surface area (Å²) in [6.07, 6.45) is -0.328. The van der Waals surface area contributed by atoms with Crippen molar-refractivity contribution in [2.24, 2.45) is 0 Å². The molecule has 10 nitrogen and oxygen atoms in total. The monoisotopic (exact) mass is 586 g/mol. The molecule has 0 radical (unpaired) electrons. The molecule has 3 aromatic carbocycles. The molecule has 5 rings (SSSR count). The second-order valence-corrected chi connectivity index (χ2v) is 10.8. The van der Waals surface area contributed by atoms with Gasteiger partial charge in [-0.2, -0.15) is 0 Å². The lowest BCUT2D eigenvalue weighted by molar-refractivity contribution is 0.0571. The molecule has 2 N–H and O–H groups in total. The number of anilines is 1. The normalized spacial score (nSPS) is 16.5. The van der Waals surface area contributed by atoms with Crippen molar-refractivity contribution in [1.29, 1.82) is 0 Å². The number of imide groups is 1. The zero-order valence-electron chi connectivity index (χ0n) is 24.8. The summed E-state index contributed by atoms with van der Waals surface area (Å²) in [7, 11) is 3.07. The molecule has 3 amide bonds. The summed E-state index contributed by atoms with van der Waals surface area (Å²) in [5.74, 6) is 0.308. The van der Waals surface area contributed by atoms with Crippen LogP contribution in [0, 0.1) is 0 Å². The number of rotatable bonds is 11. The quantitative estimate of drug-likeness (QED) is 0.239. The first-order valence-electron chi connectivity index (χ1n) is 14.6. The maximum atomic E-state index is 14.2. The van der Waals surface area contributed by atoms with E-state index in [-0.39, 0.29) is 24.4 Å². The van der Waals surface area contributed by atoms with Gasteiger partial charge in [-0.25, -0.2) is 4.79 Å². The molecule has 0 aliphatic carbocycles. The summed E-state index contributed by atoms with van der Waals surface area (Å²) < 4.78 is 10.9. The first-order valence-corrected chi connectivity index (χ1v) is 14.6. The number of nitrogens with zero attached hydrogens (tertiary/aromatic N) is 3. The van der Waals surface area contributed by atoms with Crippen LogP contribution in [0.1, 0.15) is 63.7 Å². The second kappa shape index (κ2) is 13.2. The fourth-order valence-electron chi connectivity index (χ4n) is 6.12. The molecule has 3 aromatic rings. The first kappa shape index (κ1) is 29.9. The van der Waals surface area contributed by atoms with E-state index < -0.39 is 12.1 Å². The Balaban J connectivity index is 1.40. The van der Waals surface area contributed by atoms with E-state index in [9.17, 15) is 14.4 Å². The average Bonchev–Trinajstić information content (AvgIpc) is 3.30. The van der Waals surface area contributed by atoms with Crippen molar-refractivity contribution in [1.82, 2.24) is 15.1 Å². The van der Waals surface area contributed by atoms with E-state index in [0.717, 1.165) is 31.9 Å². The molecular weight excluding hydrogens is 548 g/mol. The number of hydrogen-bond acceptors (Lipinski definition) is 7. The first-order chi connectivity index (χ1) is 20.8. The van der Waals surface area contributed by atoms with E-state index in [0.29, 0.717) is 41.0 Å². The largest absolute Gasteiger partial charge is 0.493 e. The SMILES string of the molecule is COc1ccc([C@@H](CCCNC(=O)O)N2C(=O)c3cccc(N4CCN([C@H](C)c5ccccc5)CC4)c3C2=O)cc1OC. The van der Waals surface area contributed by atoms with Gasteiger partial charge in [0.05, 0.1) is 37.1 Å². The van der Waals surface area contributed by atoms with Gasteiger partial charge >= 0.3 is 6.09 Å². The highest BCUT2D eigenvalue weighted by molar-refractivity contribution is 6.24. The number of nitrogens with one attached hydrogen (secondary N) is 1. The number of methoxy groups -OCH3 is 2. The predicted octanol–water partition coefficient (Wildman–Crippen LogP) is 4.97. The maximum absolute atomic E-state index is 14.2. The average molecular weight is 587 g/mol. The number of benzene rings is 3. The van der Waals surface area contributed by atoms with Crippen molar-refractivity contribution in [2.75, 3.05) is 51.8 Å². The van der Waals surface area contributed by atoms with E-state index in [2.05, 4.69) is 46.3 Å². The standard InChI is InChI=1S/C33H38N4O6/c1-22(23-9-5-4-6-10-23)35-17-19-36(20-18-35)27-12-7-11-25-30(27)32(39)37(31(25)38)26(13-8-16-34-33(40)41)24-14-15-28(42-2)29(21-24)43-3/h4-7,9-12,14-15,21-22,26,34H,8,13,16-20H2,1-3H3,(H,40,41)/t22-,26-/m1/s1. The van der Waals surface area contributed by atoms with E-state index >= 15 is 0 Å². The van der Waals surface area contributed by atoms with Crippen molar-refractivity contribution in [2.45, 2.75) is 31.8 Å². The van der Waals surface area contributed by atoms with Gasteiger partial charge in [-0.3, -0.25) is 19.4 Å². The molecular formula is C33H38N4O6. The van der Waals surface area contributed by atoms with Crippen LogP contribution in [0.15, 0.2) is 66.7 Å². The number of ether oxygens (including phenoxy) is 2. The minimum absolute atomic E-state index is 0.194. The minimum atomic E-state index is -1.12. The molecule has 1 saturated heterocycles. The third kappa shape index (κ3) is 6.15. The van der Waals surface area contributed by atoms with Crippen LogP contribution >= 0.6 is 0 Å². The van der Waals surface area contributed by atoms with Crippen molar-refractivity contribution in [3.8, 4) is 11.5 Å². The van der Waals surface area contributed by atoms with Crippen LogP contribution in [0.25, 0.3) is 0 Å². The van der Waals surface area contributed by atoms with Crippen LogP contribution in [0.3, 0.4) is 0 Å². The van der Waals surface area contributed by atoms with E-state index in [1.165, 1.54) is 17.6 Å². The molecule has 10 heteroatoms. The summed E-state index contributed by atoms with van der Waals surface area (Å²) in [6, 6.07) is 20.9. The minimum Gasteiger partial charge on any atom is -0.493 e. The third-order valence-corrected chi connectivity index (χ3v) is 8.44. The topological polar surface area (TPSA) is 112 Å². The van der Waals surface area contributed by atoms with E-state index in [1.807, 2.05) is 24.3 Å². The number of amides is 3. The Hall–Kier alpha value is -4.57. The fourth-order valence-corrected chi connectivity index (χ4v) is 6.12. The lowest BCUT2D eigenvalue weighted by atomic mass is 9.99. The molecule has 0 unspecified atom stereocenters. The van der Waals surface area contributed by atoms with Crippen LogP contribution in [0.2, 0.25) is 0 Å².